The van der Waals surface area contributed by atoms with Crippen molar-refractivity contribution in [1.82, 2.24) is 14.8 Å². The molecule has 3 aromatic carbocycles. The predicted octanol–water partition coefficient (Wildman–Crippen LogP) is 5.56. The molecule has 0 atom stereocenters. The summed E-state index contributed by atoms with van der Waals surface area (Å²) in [6.07, 6.45) is 1.63. The number of halogens is 2. The number of benzene rings is 3. The number of amides is 1. The quantitative estimate of drug-likeness (QED) is 0.353. The Morgan fingerprint density at radius 3 is 2.36 bits per heavy atom. The Bertz CT molecular complexity index is 1230. The van der Waals surface area contributed by atoms with Crippen molar-refractivity contribution in [3.05, 3.63) is 84.7 Å². The second kappa shape index (κ2) is 10.1. The number of carbonyl (C=O) groups is 1. The molecule has 0 radical (unpaired) electrons. The van der Waals surface area contributed by atoms with E-state index in [9.17, 15) is 13.6 Å². The van der Waals surface area contributed by atoms with Crippen LogP contribution in [0, 0.1) is 0 Å². The number of aryl methyl sites for hydroxylation is 1. The molecule has 4 rings (SSSR count). The summed E-state index contributed by atoms with van der Waals surface area (Å²) >= 11 is 1.47. The molecule has 0 saturated carbocycles. The van der Waals surface area contributed by atoms with Crippen molar-refractivity contribution in [3.63, 3.8) is 0 Å². The van der Waals surface area contributed by atoms with E-state index in [1.54, 1.807) is 42.7 Å². The smallest absolute Gasteiger partial charge is 0.387 e. The van der Waals surface area contributed by atoms with Gasteiger partial charge in [0.1, 0.15) is 12.1 Å². The van der Waals surface area contributed by atoms with Crippen LogP contribution in [0.3, 0.4) is 0 Å². The number of hydrogen-bond donors (Lipinski definition) is 2. The Morgan fingerprint density at radius 1 is 1.00 bits per heavy atom. The summed E-state index contributed by atoms with van der Waals surface area (Å²) < 4.78 is 30.8. The van der Waals surface area contributed by atoms with Crippen LogP contribution in [-0.4, -0.2) is 27.3 Å². The van der Waals surface area contributed by atoms with Gasteiger partial charge in [-0.25, -0.2) is 0 Å². The van der Waals surface area contributed by atoms with Gasteiger partial charge in [-0.15, -0.1) is 10.2 Å². The zero-order valence-corrected chi connectivity index (χ0v) is 18.2. The summed E-state index contributed by atoms with van der Waals surface area (Å²) in [4.78, 5) is 13.9. The summed E-state index contributed by atoms with van der Waals surface area (Å²) in [5, 5.41) is 14.7. The van der Waals surface area contributed by atoms with E-state index < -0.39 is 6.61 Å². The van der Waals surface area contributed by atoms with Crippen molar-refractivity contribution in [1.29, 1.82) is 0 Å². The fraction of sp³-hybridized carbons (Fsp3) is 0.0870. The number of anilines is 3. The van der Waals surface area contributed by atoms with Gasteiger partial charge in [0.15, 0.2) is 5.16 Å². The van der Waals surface area contributed by atoms with Gasteiger partial charge < -0.3 is 19.9 Å². The van der Waals surface area contributed by atoms with Gasteiger partial charge in [0.2, 0.25) is 0 Å². The van der Waals surface area contributed by atoms with Gasteiger partial charge in [-0.1, -0.05) is 12.1 Å². The molecule has 2 N–H and O–H groups in total. The van der Waals surface area contributed by atoms with Gasteiger partial charge >= 0.3 is 6.61 Å². The highest BCUT2D eigenvalue weighted by Gasteiger charge is 2.12. The fourth-order valence-corrected chi connectivity index (χ4v) is 3.70. The number of para-hydroxylation sites is 1. The first-order chi connectivity index (χ1) is 16.0. The van der Waals surface area contributed by atoms with E-state index in [4.69, 9.17) is 0 Å². The average molecular weight is 468 g/mol. The molecule has 0 aliphatic carbocycles. The van der Waals surface area contributed by atoms with Crippen LogP contribution in [-0.2, 0) is 7.05 Å². The minimum Gasteiger partial charge on any atom is -0.435 e. The van der Waals surface area contributed by atoms with Gasteiger partial charge in [-0.2, -0.15) is 8.78 Å². The Hall–Kier alpha value is -3.92. The highest BCUT2D eigenvalue weighted by Crippen LogP contribution is 2.27. The summed E-state index contributed by atoms with van der Waals surface area (Å²) in [6.45, 7) is -2.88. The first kappa shape index (κ1) is 22.3. The Kier molecular flexibility index (Phi) is 6.84. The second-order valence-corrected chi connectivity index (χ2v) is 7.92. The number of aromatic nitrogens is 3. The van der Waals surface area contributed by atoms with Crippen molar-refractivity contribution < 1.29 is 18.3 Å². The predicted molar refractivity (Wildman–Crippen MR) is 122 cm³/mol. The van der Waals surface area contributed by atoms with Crippen molar-refractivity contribution in [2.24, 2.45) is 7.05 Å². The molecule has 0 saturated heterocycles. The molecule has 168 valence electrons. The normalized spacial score (nSPS) is 10.8. The van der Waals surface area contributed by atoms with Crippen LogP contribution in [0.4, 0.5) is 25.8 Å². The van der Waals surface area contributed by atoms with Crippen LogP contribution >= 0.6 is 11.8 Å². The molecule has 0 bridgehead atoms. The molecule has 4 aromatic rings. The number of hydrogen-bond acceptors (Lipinski definition) is 6. The summed E-state index contributed by atoms with van der Waals surface area (Å²) in [5.41, 5.74) is 2.28. The van der Waals surface area contributed by atoms with E-state index in [0.717, 1.165) is 10.1 Å². The Balaban J connectivity index is 1.43. The highest BCUT2D eigenvalue weighted by molar-refractivity contribution is 7.99. The summed E-state index contributed by atoms with van der Waals surface area (Å²) in [6, 6.07) is 20.5. The van der Waals surface area contributed by atoms with Gasteiger partial charge in [0.25, 0.3) is 5.91 Å². The maximum absolute atomic E-state index is 12.9. The van der Waals surface area contributed by atoms with Gasteiger partial charge in [-0.3, -0.25) is 4.79 Å². The maximum atomic E-state index is 12.9. The van der Waals surface area contributed by atoms with E-state index in [1.165, 1.54) is 23.9 Å². The third-order valence-electron chi connectivity index (χ3n) is 4.52. The molecule has 1 amide bonds. The van der Waals surface area contributed by atoms with Crippen LogP contribution in [0.15, 0.2) is 89.2 Å². The second-order valence-electron chi connectivity index (χ2n) is 6.88. The molecule has 1 aromatic heterocycles. The van der Waals surface area contributed by atoms with E-state index in [2.05, 4.69) is 25.6 Å². The first-order valence-electron chi connectivity index (χ1n) is 9.82. The minimum absolute atomic E-state index is 0.0577. The standard InChI is InChI=1S/C23H19F2N5O2S/c1-30-14-26-29-23(30)33-18-12-8-16(9-13-18)28-21(31)19-4-2-3-5-20(19)27-15-6-10-17(11-7-15)32-22(24)25/h2-14,22,27H,1H3,(H,28,31). The number of rotatable bonds is 8. The Morgan fingerprint density at radius 2 is 1.70 bits per heavy atom. The lowest BCUT2D eigenvalue weighted by Crippen LogP contribution is -2.13. The van der Waals surface area contributed by atoms with Crippen LogP contribution in [0.5, 0.6) is 5.75 Å². The topological polar surface area (TPSA) is 81.1 Å². The number of alkyl halides is 2. The lowest BCUT2D eigenvalue weighted by molar-refractivity contribution is -0.0498. The van der Waals surface area contributed by atoms with E-state index in [1.807, 2.05) is 35.9 Å². The zero-order chi connectivity index (χ0) is 23.2. The molecule has 10 heteroatoms. The lowest BCUT2D eigenvalue weighted by atomic mass is 10.1. The molecule has 0 unspecified atom stereocenters. The van der Waals surface area contributed by atoms with Crippen molar-refractivity contribution in [2.45, 2.75) is 16.7 Å². The largest absolute Gasteiger partial charge is 0.435 e. The van der Waals surface area contributed by atoms with E-state index in [-0.39, 0.29) is 11.7 Å². The molecule has 33 heavy (non-hydrogen) atoms. The van der Waals surface area contributed by atoms with Gasteiger partial charge in [0.05, 0.1) is 11.3 Å². The van der Waals surface area contributed by atoms with Crippen LogP contribution in [0.1, 0.15) is 10.4 Å². The molecule has 1 heterocycles. The van der Waals surface area contributed by atoms with E-state index >= 15 is 0 Å². The molecule has 0 fully saturated rings. The molecular formula is C23H19F2N5O2S. The van der Waals surface area contributed by atoms with Crippen molar-refractivity contribution >= 4 is 34.7 Å². The molecule has 0 aliphatic rings. The maximum Gasteiger partial charge on any atom is 0.387 e. The lowest BCUT2D eigenvalue weighted by Gasteiger charge is -2.13. The van der Waals surface area contributed by atoms with Gasteiger partial charge in [-0.05, 0) is 72.4 Å². The summed E-state index contributed by atoms with van der Waals surface area (Å²) in [7, 11) is 1.87. The first-order valence-corrected chi connectivity index (χ1v) is 10.6. The van der Waals surface area contributed by atoms with Crippen LogP contribution in [0.2, 0.25) is 0 Å². The van der Waals surface area contributed by atoms with Crippen molar-refractivity contribution in [3.8, 4) is 5.75 Å². The molecule has 7 nitrogen and oxygen atoms in total. The third-order valence-corrected chi connectivity index (χ3v) is 5.58. The SMILES string of the molecule is Cn1cnnc1Sc1ccc(NC(=O)c2ccccc2Nc2ccc(OC(F)F)cc2)cc1. The highest BCUT2D eigenvalue weighted by atomic mass is 32.2. The molecule has 0 spiro atoms. The van der Waals surface area contributed by atoms with Crippen LogP contribution < -0.4 is 15.4 Å². The average Bonchev–Trinajstić information content (AvgIpc) is 3.20. The Labute approximate surface area is 192 Å². The van der Waals surface area contributed by atoms with E-state index in [0.29, 0.717) is 22.6 Å². The monoisotopic (exact) mass is 467 g/mol. The number of ether oxygens (including phenoxy) is 1. The number of nitrogens with zero attached hydrogens (tertiary/aromatic N) is 3. The molecular weight excluding hydrogens is 448 g/mol. The van der Waals surface area contributed by atoms with Crippen LogP contribution in [0.25, 0.3) is 0 Å². The minimum atomic E-state index is -2.88. The fourth-order valence-electron chi connectivity index (χ4n) is 2.94. The summed E-state index contributed by atoms with van der Waals surface area (Å²) in [5.74, 6) is -0.230. The molecule has 0 aliphatic heterocycles. The zero-order valence-electron chi connectivity index (χ0n) is 17.4. The number of carbonyl (C=O) groups excluding carboxylic acids is 1. The van der Waals surface area contributed by atoms with Crippen molar-refractivity contribution in [2.75, 3.05) is 10.6 Å². The van der Waals surface area contributed by atoms with Gasteiger partial charge in [0, 0.05) is 23.3 Å². The third kappa shape index (κ3) is 5.86. The number of nitrogens with one attached hydrogen (secondary N) is 2.